The highest BCUT2D eigenvalue weighted by atomic mass is 35.5. The van der Waals surface area contributed by atoms with Gasteiger partial charge in [0.1, 0.15) is 4.90 Å². The second kappa shape index (κ2) is 4.99. The molecule has 0 radical (unpaired) electrons. The van der Waals surface area contributed by atoms with Gasteiger partial charge in [0, 0.05) is 19.3 Å². The van der Waals surface area contributed by atoms with E-state index in [0.717, 1.165) is 6.20 Å². The van der Waals surface area contributed by atoms with E-state index in [9.17, 15) is 8.42 Å². The molecule has 0 aliphatic heterocycles. The van der Waals surface area contributed by atoms with Crippen molar-refractivity contribution in [3.63, 3.8) is 0 Å². The molecule has 90 valence electrons. The van der Waals surface area contributed by atoms with E-state index in [1.807, 2.05) is 13.8 Å². The highest BCUT2D eigenvalue weighted by Crippen LogP contribution is 2.31. The molecule has 1 N–H and O–H groups in total. The van der Waals surface area contributed by atoms with Gasteiger partial charge in [-0.05, 0) is 13.8 Å². The fraction of sp³-hybridized carbons (Fsp3) is 0.444. The van der Waals surface area contributed by atoms with Gasteiger partial charge in [0.2, 0.25) is 0 Å². The van der Waals surface area contributed by atoms with E-state index in [1.54, 1.807) is 4.90 Å². The predicted molar refractivity (Wildman–Crippen MR) is 62.6 cm³/mol. The Labute approximate surface area is 99.8 Å². The third-order valence-electron chi connectivity index (χ3n) is 2.20. The van der Waals surface area contributed by atoms with E-state index in [1.165, 1.54) is 6.20 Å². The molecule has 0 atom stereocenters. The van der Waals surface area contributed by atoms with E-state index >= 15 is 0 Å². The number of hydrogen-bond donors (Lipinski definition) is 1. The summed E-state index contributed by atoms with van der Waals surface area (Å²) in [6.07, 6.45) is 2.44. The van der Waals surface area contributed by atoms with E-state index in [0.29, 0.717) is 18.8 Å². The first-order valence-corrected chi connectivity index (χ1v) is 6.59. The summed E-state index contributed by atoms with van der Waals surface area (Å²) in [7, 11) is -4.31. The van der Waals surface area contributed by atoms with Crippen LogP contribution in [0.4, 0.5) is 5.69 Å². The molecule has 0 saturated carbocycles. The van der Waals surface area contributed by atoms with Crippen molar-refractivity contribution in [2.24, 2.45) is 0 Å². The fourth-order valence-corrected chi connectivity index (χ4v) is 2.46. The van der Waals surface area contributed by atoms with E-state index in [2.05, 4.69) is 4.98 Å². The van der Waals surface area contributed by atoms with Gasteiger partial charge in [0.25, 0.3) is 10.1 Å². The number of halogens is 1. The van der Waals surface area contributed by atoms with E-state index in [-0.39, 0.29) is 9.92 Å². The molecule has 0 aliphatic carbocycles. The summed E-state index contributed by atoms with van der Waals surface area (Å²) in [5.41, 5.74) is 0.296. The van der Waals surface area contributed by atoms with Gasteiger partial charge in [-0.1, -0.05) is 11.6 Å². The summed E-state index contributed by atoms with van der Waals surface area (Å²) < 4.78 is 31.4. The zero-order valence-corrected chi connectivity index (χ0v) is 10.6. The first-order chi connectivity index (χ1) is 7.41. The van der Waals surface area contributed by atoms with Crippen LogP contribution in [0.2, 0.25) is 5.02 Å². The van der Waals surface area contributed by atoms with Gasteiger partial charge in [-0.25, -0.2) is 0 Å². The molecular weight excluding hydrogens is 252 g/mol. The van der Waals surface area contributed by atoms with Crippen molar-refractivity contribution in [2.75, 3.05) is 18.0 Å². The normalized spacial score (nSPS) is 11.5. The van der Waals surface area contributed by atoms with Gasteiger partial charge >= 0.3 is 0 Å². The molecule has 0 aromatic carbocycles. The second-order valence-electron chi connectivity index (χ2n) is 3.12. The zero-order valence-electron chi connectivity index (χ0n) is 9.01. The SMILES string of the molecule is CCN(CC)c1c(Cl)cncc1S(=O)(=O)O. The average molecular weight is 265 g/mol. The minimum absolute atomic E-state index is 0.207. The summed E-state index contributed by atoms with van der Waals surface area (Å²) in [5.74, 6) is 0. The molecular formula is C9H13ClN2O3S. The monoisotopic (exact) mass is 264 g/mol. The molecule has 0 bridgehead atoms. The average Bonchev–Trinajstić information content (AvgIpc) is 2.20. The molecule has 0 spiro atoms. The minimum atomic E-state index is -4.31. The summed E-state index contributed by atoms with van der Waals surface area (Å²) in [5, 5.41) is 0.207. The van der Waals surface area contributed by atoms with Crippen LogP contribution in [0, 0.1) is 0 Å². The van der Waals surface area contributed by atoms with E-state index in [4.69, 9.17) is 16.2 Å². The Balaban J connectivity index is 3.46. The van der Waals surface area contributed by atoms with Crippen LogP contribution in [0.1, 0.15) is 13.8 Å². The minimum Gasteiger partial charge on any atom is -0.370 e. The van der Waals surface area contributed by atoms with Crippen molar-refractivity contribution in [1.29, 1.82) is 0 Å². The number of hydrogen-bond acceptors (Lipinski definition) is 4. The Morgan fingerprint density at radius 3 is 2.38 bits per heavy atom. The highest BCUT2D eigenvalue weighted by Gasteiger charge is 2.21. The summed E-state index contributed by atoms with van der Waals surface area (Å²) in [4.78, 5) is 5.15. The van der Waals surface area contributed by atoms with Crippen molar-refractivity contribution < 1.29 is 13.0 Å². The first kappa shape index (κ1) is 13.2. The molecule has 5 nitrogen and oxygen atoms in total. The topological polar surface area (TPSA) is 70.5 Å². The molecule has 1 rings (SSSR count). The summed E-state index contributed by atoms with van der Waals surface area (Å²) in [6, 6.07) is 0. The second-order valence-corrected chi connectivity index (χ2v) is 4.91. The lowest BCUT2D eigenvalue weighted by molar-refractivity contribution is 0.482. The largest absolute Gasteiger partial charge is 0.370 e. The van der Waals surface area contributed by atoms with Gasteiger partial charge in [-0.15, -0.1) is 0 Å². The smallest absolute Gasteiger partial charge is 0.298 e. The molecule has 1 heterocycles. The molecule has 0 unspecified atom stereocenters. The number of pyridine rings is 1. The number of aromatic nitrogens is 1. The molecule has 0 saturated heterocycles. The predicted octanol–water partition coefficient (Wildman–Crippen LogP) is 1.83. The molecule has 1 aromatic rings. The lowest BCUT2D eigenvalue weighted by Gasteiger charge is -2.23. The van der Waals surface area contributed by atoms with Crippen LogP contribution in [-0.2, 0) is 10.1 Å². The lowest BCUT2D eigenvalue weighted by Crippen LogP contribution is -2.24. The Bertz CT molecular complexity index is 472. The van der Waals surface area contributed by atoms with Crippen molar-refractivity contribution in [3.8, 4) is 0 Å². The van der Waals surface area contributed by atoms with Gasteiger partial charge in [0.05, 0.1) is 16.9 Å². The zero-order chi connectivity index (χ0) is 12.3. The third kappa shape index (κ3) is 2.63. The van der Waals surface area contributed by atoms with Crippen LogP contribution in [0.25, 0.3) is 0 Å². The molecule has 0 amide bonds. The highest BCUT2D eigenvalue weighted by molar-refractivity contribution is 7.86. The Morgan fingerprint density at radius 2 is 1.94 bits per heavy atom. The van der Waals surface area contributed by atoms with Crippen LogP contribution in [0.15, 0.2) is 17.3 Å². The molecule has 16 heavy (non-hydrogen) atoms. The fourth-order valence-electron chi connectivity index (χ4n) is 1.45. The van der Waals surface area contributed by atoms with Crippen molar-refractivity contribution >= 4 is 27.4 Å². The number of anilines is 1. The molecule has 1 aromatic heterocycles. The molecule has 0 fully saturated rings. The Hall–Kier alpha value is -0.850. The van der Waals surface area contributed by atoms with Crippen molar-refractivity contribution in [3.05, 3.63) is 17.4 Å². The van der Waals surface area contributed by atoms with Crippen LogP contribution in [0.5, 0.6) is 0 Å². The first-order valence-electron chi connectivity index (χ1n) is 4.77. The lowest BCUT2D eigenvalue weighted by atomic mass is 10.3. The van der Waals surface area contributed by atoms with Gasteiger partial charge in [0.15, 0.2) is 0 Å². The van der Waals surface area contributed by atoms with Gasteiger partial charge < -0.3 is 4.90 Å². The van der Waals surface area contributed by atoms with Gasteiger partial charge in [-0.2, -0.15) is 8.42 Å². The summed E-state index contributed by atoms with van der Waals surface area (Å²) >= 11 is 5.91. The summed E-state index contributed by atoms with van der Waals surface area (Å²) in [6.45, 7) is 4.91. The Morgan fingerprint density at radius 1 is 1.38 bits per heavy atom. The molecule has 0 aliphatic rings. The molecule has 7 heteroatoms. The maximum atomic E-state index is 11.2. The van der Waals surface area contributed by atoms with Crippen LogP contribution in [-0.4, -0.2) is 31.0 Å². The van der Waals surface area contributed by atoms with Gasteiger partial charge in [-0.3, -0.25) is 9.54 Å². The Kier molecular flexibility index (Phi) is 4.12. The maximum Gasteiger partial charge on any atom is 0.298 e. The van der Waals surface area contributed by atoms with Crippen LogP contribution >= 0.6 is 11.6 Å². The van der Waals surface area contributed by atoms with Crippen molar-refractivity contribution in [2.45, 2.75) is 18.7 Å². The van der Waals surface area contributed by atoms with Crippen LogP contribution in [0.3, 0.4) is 0 Å². The van der Waals surface area contributed by atoms with E-state index < -0.39 is 10.1 Å². The van der Waals surface area contributed by atoms with Crippen molar-refractivity contribution in [1.82, 2.24) is 4.98 Å². The maximum absolute atomic E-state index is 11.2. The quantitative estimate of drug-likeness (QED) is 0.840. The van der Waals surface area contributed by atoms with Crippen LogP contribution < -0.4 is 4.90 Å². The number of nitrogens with zero attached hydrogens (tertiary/aromatic N) is 2. The number of rotatable bonds is 4. The standard InChI is InChI=1S/C9H13ClN2O3S/c1-3-12(4-2)9-7(10)5-11-6-8(9)16(13,14)15/h5-6H,3-4H2,1-2H3,(H,13,14,15). The third-order valence-corrected chi connectivity index (χ3v) is 3.33.